The largest absolute Gasteiger partial charge is 0.454 e. The van der Waals surface area contributed by atoms with Crippen LogP contribution in [-0.2, 0) is 16.4 Å². The number of para-hydroxylation sites is 2. The molecule has 1 heterocycles. The van der Waals surface area contributed by atoms with Gasteiger partial charge in [-0.2, -0.15) is 0 Å². The Hall–Kier alpha value is -2.87. The summed E-state index contributed by atoms with van der Waals surface area (Å²) in [6.45, 7) is 0.272. The minimum Gasteiger partial charge on any atom is -0.454 e. The number of carbonyl (C=O) groups excluding carboxylic acids is 1. The van der Waals surface area contributed by atoms with Gasteiger partial charge in [0.2, 0.25) is 10.0 Å². The number of ether oxygens (including phenoxy) is 1. The SMILES string of the molecule is CN(CCc1ccccc1)S(=O)(=O)c1cc2c(cc1Cl)Oc1ccccc1NC2=O. The van der Waals surface area contributed by atoms with E-state index in [-0.39, 0.29) is 27.8 Å². The highest BCUT2D eigenvalue weighted by molar-refractivity contribution is 7.89. The van der Waals surface area contributed by atoms with Crippen molar-refractivity contribution in [3.8, 4) is 11.5 Å². The van der Waals surface area contributed by atoms with Crippen LogP contribution in [0.25, 0.3) is 0 Å². The maximum Gasteiger partial charge on any atom is 0.259 e. The molecule has 0 saturated heterocycles. The molecule has 0 unspecified atom stereocenters. The molecular formula is C22H19ClN2O4S. The summed E-state index contributed by atoms with van der Waals surface area (Å²) in [6, 6.07) is 19.2. The van der Waals surface area contributed by atoms with Crippen LogP contribution in [0.4, 0.5) is 5.69 Å². The number of halogens is 1. The first-order chi connectivity index (χ1) is 14.4. The van der Waals surface area contributed by atoms with Crippen molar-refractivity contribution >= 4 is 33.2 Å². The van der Waals surface area contributed by atoms with E-state index in [0.29, 0.717) is 17.9 Å². The third-order valence-electron chi connectivity index (χ3n) is 4.88. The van der Waals surface area contributed by atoms with E-state index in [1.807, 2.05) is 30.3 Å². The Morgan fingerprint density at radius 3 is 2.47 bits per heavy atom. The third-order valence-corrected chi connectivity index (χ3v) is 7.20. The number of likely N-dealkylation sites (N-methyl/N-ethyl adjacent to an activating group) is 1. The second kappa shape index (κ2) is 8.10. The van der Waals surface area contributed by atoms with Crippen molar-refractivity contribution < 1.29 is 17.9 Å². The molecule has 0 bridgehead atoms. The highest BCUT2D eigenvalue weighted by Gasteiger charge is 2.29. The van der Waals surface area contributed by atoms with Gasteiger partial charge >= 0.3 is 0 Å². The molecule has 8 heteroatoms. The van der Waals surface area contributed by atoms with Crippen LogP contribution >= 0.6 is 11.6 Å². The fourth-order valence-corrected chi connectivity index (χ4v) is 4.87. The Balaban J connectivity index is 1.65. The summed E-state index contributed by atoms with van der Waals surface area (Å²) in [4.78, 5) is 12.6. The first-order valence-electron chi connectivity index (χ1n) is 9.28. The van der Waals surface area contributed by atoms with Gasteiger partial charge in [-0.1, -0.05) is 54.1 Å². The molecule has 0 aliphatic carbocycles. The number of amides is 1. The predicted molar refractivity (Wildman–Crippen MR) is 116 cm³/mol. The monoisotopic (exact) mass is 442 g/mol. The van der Waals surface area contributed by atoms with Gasteiger partial charge in [0.25, 0.3) is 5.91 Å². The summed E-state index contributed by atoms with van der Waals surface area (Å²) in [5.41, 5.74) is 1.63. The van der Waals surface area contributed by atoms with Crippen molar-refractivity contribution in [2.75, 3.05) is 18.9 Å². The molecule has 0 atom stereocenters. The number of hydrogen-bond acceptors (Lipinski definition) is 4. The van der Waals surface area contributed by atoms with Gasteiger partial charge in [0.1, 0.15) is 10.6 Å². The summed E-state index contributed by atoms with van der Waals surface area (Å²) < 4.78 is 33.3. The zero-order valence-corrected chi connectivity index (χ0v) is 17.7. The Morgan fingerprint density at radius 2 is 1.70 bits per heavy atom. The number of rotatable bonds is 5. The van der Waals surface area contributed by atoms with E-state index in [2.05, 4.69) is 5.32 Å². The summed E-state index contributed by atoms with van der Waals surface area (Å²) >= 11 is 6.32. The molecule has 0 spiro atoms. The molecule has 1 amide bonds. The lowest BCUT2D eigenvalue weighted by Crippen LogP contribution is -2.29. The van der Waals surface area contributed by atoms with Gasteiger partial charge in [-0.05, 0) is 30.2 Å². The van der Waals surface area contributed by atoms with E-state index >= 15 is 0 Å². The van der Waals surface area contributed by atoms with Crippen LogP contribution < -0.4 is 10.1 Å². The van der Waals surface area contributed by atoms with Crippen molar-refractivity contribution in [3.63, 3.8) is 0 Å². The third kappa shape index (κ3) is 3.92. The smallest absolute Gasteiger partial charge is 0.259 e. The molecule has 1 aliphatic heterocycles. The Bertz CT molecular complexity index is 1210. The van der Waals surface area contributed by atoms with Crippen LogP contribution in [0.15, 0.2) is 71.6 Å². The molecule has 154 valence electrons. The van der Waals surface area contributed by atoms with Gasteiger partial charge in [0.15, 0.2) is 5.75 Å². The summed E-state index contributed by atoms with van der Waals surface area (Å²) in [7, 11) is -2.42. The van der Waals surface area contributed by atoms with E-state index in [0.717, 1.165) is 5.56 Å². The van der Waals surface area contributed by atoms with Crippen molar-refractivity contribution in [3.05, 3.63) is 82.9 Å². The molecule has 1 N–H and O–H groups in total. The molecular weight excluding hydrogens is 424 g/mol. The lowest BCUT2D eigenvalue weighted by atomic mass is 10.2. The zero-order valence-electron chi connectivity index (χ0n) is 16.1. The van der Waals surface area contributed by atoms with E-state index < -0.39 is 15.9 Å². The fourth-order valence-electron chi connectivity index (χ4n) is 3.18. The van der Waals surface area contributed by atoms with E-state index in [1.54, 1.807) is 24.3 Å². The molecule has 0 saturated carbocycles. The van der Waals surface area contributed by atoms with Gasteiger partial charge in [-0.25, -0.2) is 12.7 Å². The molecule has 3 aromatic carbocycles. The van der Waals surface area contributed by atoms with Crippen molar-refractivity contribution in [1.82, 2.24) is 4.31 Å². The van der Waals surface area contributed by atoms with Gasteiger partial charge < -0.3 is 10.1 Å². The number of carbonyl (C=O) groups is 1. The van der Waals surface area contributed by atoms with Crippen molar-refractivity contribution in [1.29, 1.82) is 0 Å². The number of benzene rings is 3. The van der Waals surface area contributed by atoms with E-state index in [9.17, 15) is 13.2 Å². The number of nitrogens with one attached hydrogen (secondary N) is 1. The average Bonchev–Trinajstić information content (AvgIpc) is 2.87. The van der Waals surface area contributed by atoms with Crippen molar-refractivity contribution in [2.24, 2.45) is 0 Å². The number of hydrogen-bond donors (Lipinski definition) is 1. The van der Waals surface area contributed by atoms with Gasteiger partial charge in [0.05, 0.1) is 16.3 Å². The van der Waals surface area contributed by atoms with Crippen LogP contribution in [0.1, 0.15) is 15.9 Å². The molecule has 0 fully saturated rings. The van der Waals surface area contributed by atoms with Crippen LogP contribution in [0.5, 0.6) is 11.5 Å². The highest BCUT2D eigenvalue weighted by Crippen LogP contribution is 2.39. The molecule has 3 aromatic rings. The highest BCUT2D eigenvalue weighted by atomic mass is 35.5. The average molecular weight is 443 g/mol. The van der Waals surface area contributed by atoms with Gasteiger partial charge in [-0.15, -0.1) is 0 Å². The van der Waals surface area contributed by atoms with E-state index in [1.165, 1.54) is 23.5 Å². The second-order valence-corrected chi connectivity index (χ2v) is 9.31. The first-order valence-corrected chi connectivity index (χ1v) is 11.1. The molecule has 0 radical (unpaired) electrons. The summed E-state index contributed by atoms with van der Waals surface area (Å²) in [5, 5.41) is 2.73. The molecule has 1 aliphatic rings. The lowest BCUT2D eigenvalue weighted by Gasteiger charge is -2.19. The van der Waals surface area contributed by atoms with Crippen LogP contribution in [0.2, 0.25) is 5.02 Å². The Kier molecular flexibility index (Phi) is 5.51. The summed E-state index contributed by atoms with van der Waals surface area (Å²) in [5.74, 6) is 0.194. The van der Waals surface area contributed by atoms with Gasteiger partial charge in [-0.3, -0.25) is 4.79 Å². The standard InChI is InChI=1S/C22H19ClN2O4S/c1-25(12-11-15-7-3-2-4-8-15)30(27,28)21-13-16-20(14-17(21)23)29-19-10-6-5-9-18(19)24-22(16)26/h2-10,13-14H,11-12H2,1H3,(H,24,26). The maximum atomic E-state index is 13.1. The predicted octanol–water partition coefficient (Wildman–Crippen LogP) is 4.56. The quantitative estimate of drug-likeness (QED) is 0.628. The van der Waals surface area contributed by atoms with Gasteiger partial charge in [0, 0.05) is 19.7 Å². The normalized spacial score (nSPS) is 13.1. The second-order valence-electron chi connectivity index (χ2n) is 6.89. The van der Waals surface area contributed by atoms with Crippen LogP contribution in [0.3, 0.4) is 0 Å². The fraction of sp³-hybridized carbons (Fsp3) is 0.136. The van der Waals surface area contributed by atoms with E-state index in [4.69, 9.17) is 16.3 Å². The van der Waals surface area contributed by atoms with Crippen molar-refractivity contribution in [2.45, 2.75) is 11.3 Å². The lowest BCUT2D eigenvalue weighted by molar-refractivity contribution is 0.102. The number of anilines is 1. The zero-order chi connectivity index (χ0) is 21.3. The topological polar surface area (TPSA) is 75.7 Å². The van der Waals surface area contributed by atoms with Crippen LogP contribution in [0, 0.1) is 0 Å². The molecule has 30 heavy (non-hydrogen) atoms. The molecule has 0 aromatic heterocycles. The molecule has 4 rings (SSSR count). The number of sulfonamides is 1. The summed E-state index contributed by atoms with van der Waals surface area (Å²) in [6.07, 6.45) is 0.554. The number of fused-ring (bicyclic) bond motifs is 2. The Labute approximate surface area is 180 Å². The van der Waals surface area contributed by atoms with Crippen LogP contribution in [-0.4, -0.2) is 32.2 Å². The minimum absolute atomic E-state index is 0.00695. The number of nitrogens with zero attached hydrogens (tertiary/aromatic N) is 1. The first kappa shape index (κ1) is 20.4. The minimum atomic E-state index is -3.91. The Morgan fingerprint density at radius 1 is 1.00 bits per heavy atom. The molecule has 6 nitrogen and oxygen atoms in total. The maximum absolute atomic E-state index is 13.1.